The Balaban J connectivity index is 2.46. The maximum atomic E-state index is 11.5. The smallest absolute Gasteiger partial charge is 0.236 e. The molecule has 1 rings (SSSR count). The van der Waals surface area contributed by atoms with Crippen LogP contribution in [0.25, 0.3) is 0 Å². The van der Waals surface area contributed by atoms with Gasteiger partial charge >= 0.3 is 0 Å². The molecule has 0 spiro atoms. The van der Waals surface area contributed by atoms with Crippen molar-refractivity contribution in [1.82, 2.24) is 10.2 Å². The topological polar surface area (TPSA) is 52.6 Å². The number of nitrogens with zero attached hydrogens (tertiary/aromatic N) is 1. The zero-order valence-corrected chi connectivity index (χ0v) is 10.8. The van der Waals surface area contributed by atoms with Crippen LogP contribution in [0, 0.1) is 0 Å². The number of benzene rings is 1. The summed E-state index contributed by atoms with van der Waals surface area (Å²) in [6.45, 7) is 3.26. The zero-order chi connectivity index (χ0) is 12.8. The predicted molar refractivity (Wildman–Crippen MR) is 68.1 cm³/mol. The van der Waals surface area contributed by atoms with Gasteiger partial charge in [0.05, 0.1) is 6.54 Å². The summed E-state index contributed by atoms with van der Waals surface area (Å²) in [7, 11) is 1.75. The molecule has 0 saturated carbocycles. The van der Waals surface area contributed by atoms with Crippen LogP contribution in [-0.2, 0) is 11.3 Å². The number of aromatic hydroxyl groups is 1. The van der Waals surface area contributed by atoms with Crippen LogP contribution in [0.3, 0.4) is 0 Å². The van der Waals surface area contributed by atoms with E-state index in [1.165, 1.54) is 0 Å². The Bertz CT molecular complexity index is 396. The van der Waals surface area contributed by atoms with E-state index in [2.05, 4.69) is 5.32 Å². The monoisotopic (exact) mass is 256 g/mol. The third kappa shape index (κ3) is 4.24. The van der Waals surface area contributed by atoms with E-state index in [1.807, 2.05) is 6.92 Å². The quantitative estimate of drug-likeness (QED) is 0.842. The summed E-state index contributed by atoms with van der Waals surface area (Å²) in [4.78, 5) is 13.1. The number of carbonyl (C=O) groups is 1. The summed E-state index contributed by atoms with van der Waals surface area (Å²) in [6, 6.07) is 4.84. The molecule has 0 bridgehead atoms. The molecule has 0 aromatic heterocycles. The highest BCUT2D eigenvalue weighted by Gasteiger charge is 2.07. The number of nitrogens with one attached hydrogen (secondary N) is 1. The molecule has 2 N–H and O–H groups in total. The van der Waals surface area contributed by atoms with Crippen LogP contribution < -0.4 is 5.32 Å². The van der Waals surface area contributed by atoms with Crippen LogP contribution in [0.1, 0.15) is 12.5 Å². The van der Waals surface area contributed by atoms with Gasteiger partial charge in [0.2, 0.25) is 5.91 Å². The van der Waals surface area contributed by atoms with Gasteiger partial charge in [-0.2, -0.15) is 0 Å². The van der Waals surface area contributed by atoms with Crippen molar-refractivity contribution in [3.05, 3.63) is 28.8 Å². The van der Waals surface area contributed by atoms with Crippen molar-refractivity contribution in [3.63, 3.8) is 0 Å². The van der Waals surface area contributed by atoms with Crippen LogP contribution in [0.2, 0.25) is 5.02 Å². The molecule has 4 nitrogen and oxygen atoms in total. The van der Waals surface area contributed by atoms with E-state index in [9.17, 15) is 9.90 Å². The van der Waals surface area contributed by atoms with Crippen LogP contribution in [0.4, 0.5) is 0 Å². The number of amides is 1. The minimum absolute atomic E-state index is 0.0222. The molecule has 0 aliphatic carbocycles. The van der Waals surface area contributed by atoms with E-state index in [1.54, 1.807) is 30.1 Å². The SMILES string of the molecule is CCN(C)C(=O)CNCc1cc(Cl)ccc1O. The molecule has 17 heavy (non-hydrogen) atoms. The molecule has 5 heteroatoms. The van der Waals surface area contributed by atoms with Crippen molar-refractivity contribution in [2.75, 3.05) is 20.1 Å². The largest absolute Gasteiger partial charge is 0.508 e. The molecule has 94 valence electrons. The first-order chi connectivity index (χ1) is 8.04. The lowest BCUT2D eigenvalue weighted by atomic mass is 10.2. The highest BCUT2D eigenvalue weighted by Crippen LogP contribution is 2.20. The average molecular weight is 257 g/mol. The van der Waals surface area contributed by atoms with Crippen LogP contribution in [0.15, 0.2) is 18.2 Å². The van der Waals surface area contributed by atoms with Gasteiger partial charge in [-0.3, -0.25) is 4.79 Å². The molecule has 0 radical (unpaired) electrons. The molecular formula is C12H17ClN2O2. The second kappa shape index (κ2) is 6.47. The van der Waals surface area contributed by atoms with Gasteiger partial charge in [0.1, 0.15) is 5.75 Å². The lowest BCUT2D eigenvalue weighted by Crippen LogP contribution is -2.35. The number of phenols is 1. The molecule has 1 aromatic carbocycles. The average Bonchev–Trinajstić information content (AvgIpc) is 2.32. The first kappa shape index (κ1) is 13.8. The first-order valence-corrected chi connectivity index (χ1v) is 5.84. The molecule has 0 heterocycles. The van der Waals surface area contributed by atoms with Crippen molar-refractivity contribution in [3.8, 4) is 5.75 Å². The van der Waals surface area contributed by atoms with Gasteiger partial charge in [-0.15, -0.1) is 0 Å². The van der Waals surface area contributed by atoms with E-state index in [-0.39, 0.29) is 18.2 Å². The normalized spacial score (nSPS) is 10.3. The van der Waals surface area contributed by atoms with Gasteiger partial charge in [0.15, 0.2) is 0 Å². The highest BCUT2D eigenvalue weighted by molar-refractivity contribution is 6.30. The fourth-order valence-electron chi connectivity index (χ4n) is 1.31. The highest BCUT2D eigenvalue weighted by atomic mass is 35.5. The van der Waals surface area contributed by atoms with Gasteiger partial charge in [-0.25, -0.2) is 0 Å². The molecule has 0 unspecified atom stereocenters. The third-order valence-electron chi connectivity index (χ3n) is 2.53. The van der Waals surface area contributed by atoms with E-state index < -0.39 is 0 Å². The zero-order valence-electron chi connectivity index (χ0n) is 10.0. The minimum atomic E-state index is 0.0222. The maximum absolute atomic E-state index is 11.5. The summed E-state index contributed by atoms with van der Waals surface area (Å²) in [5.41, 5.74) is 0.685. The Morgan fingerprint density at radius 3 is 2.88 bits per heavy atom. The number of hydrogen-bond acceptors (Lipinski definition) is 3. The summed E-state index contributed by atoms with van der Waals surface area (Å²) in [5.74, 6) is 0.201. The third-order valence-corrected chi connectivity index (χ3v) is 2.77. The Morgan fingerprint density at radius 1 is 1.53 bits per heavy atom. The maximum Gasteiger partial charge on any atom is 0.236 e. The number of carbonyl (C=O) groups excluding carboxylic acids is 1. The Labute approximate surface area is 106 Å². The van der Waals surface area contributed by atoms with Crippen molar-refractivity contribution in [1.29, 1.82) is 0 Å². The van der Waals surface area contributed by atoms with Crippen LogP contribution >= 0.6 is 11.6 Å². The molecule has 0 saturated heterocycles. The number of halogens is 1. The molecule has 0 atom stereocenters. The van der Waals surface area contributed by atoms with Gasteiger partial charge < -0.3 is 15.3 Å². The van der Waals surface area contributed by atoms with E-state index in [0.717, 1.165) is 0 Å². The molecule has 0 aliphatic heterocycles. The van der Waals surface area contributed by atoms with Crippen molar-refractivity contribution >= 4 is 17.5 Å². The fraction of sp³-hybridized carbons (Fsp3) is 0.417. The first-order valence-electron chi connectivity index (χ1n) is 5.46. The summed E-state index contributed by atoms with van der Waals surface area (Å²) >= 11 is 5.82. The fourth-order valence-corrected chi connectivity index (χ4v) is 1.51. The van der Waals surface area contributed by atoms with Gasteiger partial charge in [-0.1, -0.05) is 11.6 Å². The molecule has 0 fully saturated rings. The van der Waals surface area contributed by atoms with Gasteiger partial charge in [0.25, 0.3) is 0 Å². The summed E-state index contributed by atoms with van der Waals surface area (Å²) < 4.78 is 0. The number of likely N-dealkylation sites (N-methyl/N-ethyl adjacent to an activating group) is 1. The number of rotatable bonds is 5. The van der Waals surface area contributed by atoms with Gasteiger partial charge in [0, 0.05) is 30.7 Å². The van der Waals surface area contributed by atoms with Crippen molar-refractivity contribution in [2.45, 2.75) is 13.5 Å². The Hall–Kier alpha value is -1.26. The second-order valence-corrected chi connectivity index (χ2v) is 4.22. The van der Waals surface area contributed by atoms with Crippen molar-refractivity contribution < 1.29 is 9.90 Å². The summed E-state index contributed by atoms with van der Waals surface area (Å²) in [5, 5.41) is 13.1. The summed E-state index contributed by atoms with van der Waals surface area (Å²) in [6.07, 6.45) is 0. The van der Waals surface area contributed by atoms with Crippen LogP contribution in [0.5, 0.6) is 5.75 Å². The number of hydrogen-bond donors (Lipinski definition) is 2. The van der Waals surface area contributed by atoms with E-state index in [0.29, 0.717) is 23.7 Å². The second-order valence-electron chi connectivity index (χ2n) is 3.78. The molecule has 0 aliphatic rings. The van der Waals surface area contributed by atoms with E-state index in [4.69, 9.17) is 11.6 Å². The van der Waals surface area contributed by atoms with Crippen molar-refractivity contribution in [2.24, 2.45) is 0 Å². The predicted octanol–water partition coefficient (Wildman–Crippen LogP) is 1.61. The number of phenolic OH excluding ortho intramolecular Hbond substituents is 1. The Kier molecular flexibility index (Phi) is 5.25. The van der Waals surface area contributed by atoms with E-state index >= 15 is 0 Å². The Morgan fingerprint density at radius 2 is 2.24 bits per heavy atom. The minimum Gasteiger partial charge on any atom is -0.508 e. The molecule has 1 amide bonds. The standard InChI is InChI=1S/C12H17ClN2O2/c1-3-15(2)12(17)8-14-7-9-6-10(13)4-5-11(9)16/h4-6,14,16H,3,7-8H2,1-2H3. The van der Waals surface area contributed by atoms with Gasteiger partial charge in [-0.05, 0) is 25.1 Å². The van der Waals surface area contributed by atoms with Crippen LogP contribution in [-0.4, -0.2) is 36.1 Å². The lowest BCUT2D eigenvalue weighted by molar-refractivity contribution is -0.128. The molecule has 1 aromatic rings. The lowest BCUT2D eigenvalue weighted by Gasteiger charge is -2.15. The molecular weight excluding hydrogens is 240 g/mol.